The third-order valence-corrected chi connectivity index (χ3v) is 4.90. The molecule has 27 heavy (non-hydrogen) atoms. The first kappa shape index (κ1) is 19.1. The summed E-state index contributed by atoms with van der Waals surface area (Å²) in [6.07, 6.45) is 7.49. The molecule has 0 unspecified atom stereocenters. The topological polar surface area (TPSA) is 76.8 Å². The van der Waals surface area contributed by atoms with E-state index in [9.17, 15) is 4.79 Å². The first-order chi connectivity index (χ1) is 12.7. The first-order valence-corrected chi connectivity index (χ1v) is 8.77. The second-order valence-electron chi connectivity index (χ2n) is 6.62. The van der Waals surface area contributed by atoms with Crippen LogP contribution in [0.15, 0.2) is 55.1 Å². The summed E-state index contributed by atoms with van der Waals surface area (Å²) in [6.45, 7) is 1.96. The molecule has 0 radical (unpaired) electrons. The molecule has 1 aliphatic heterocycles. The average Bonchev–Trinajstić information content (AvgIpc) is 3.40. The van der Waals surface area contributed by atoms with E-state index < -0.39 is 0 Å². The van der Waals surface area contributed by atoms with Crippen LogP contribution in [0.25, 0.3) is 5.69 Å². The van der Waals surface area contributed by atoms with Crippen LogP contribution in [0.2, 0.25) is 0 Å². The fraction of sp³-hybridized carbons (Fsp3) is 0.316. The lowest BCUT2D eigenvalue weighted by molar-refractivity contribution is -0.125. The minimum atomic E-state index is -0.0870. The Morgan fingerprint density at radius 2 is 2.11 bits per heavy atom. The molecule has 2 atom stereocenters. The lowest BCUT2D eigenvalue weighted by Crippen LogP contribution is -2.34. The number of halogens is 1. The van der Waals surface area contributed by atoms with Gasteiger partial charge in [-0.1, -0.05) is 18.2 Å². The number of rotatable bonds is 5. The predicted molar refractivity (Wildman–Crippen MR) is 105 cm³/mol. The number of carbonyl (C=O) groups is 1. The number of hydrogen-bond acceptors (Lipinski definition) is 4. The number of amides is 1. The molecule has 8 heteroatoms. The van der Waals surface area contributed by atoms with Gasteiger partial charge in [0.05, 0.1) is 17.8 Å². The molecule has 1 amide bonds. The Morgan fingerprint density at radius 1 is 1.26 bits per heavy atom. The number of hydrogen-bond donors (Lipinski definition) is 2. The molecule has 0 saturated carbocycles. The molecule has 3 aromatic rings. The number of carbonyl (C=O) groups excluding carboxylic acids is 1. The Labute approximate surface area is 164 Å². The van der Waals surface area contributed by atoms with Crippen LogP contribution in [-0.4, -0.2) is 38.6 Å². The average molecular weight is 387 g/mol. The van der Waals surface area contributed by atoms with Gasteiger partial charge in [-0.25, -0.2) is 4.68 Å². The maximum atomic E-state index is 12.8. The molecule has 0 bridgehead atoms. The standard InChI is InChI=1S/C19H22N6O.ClH/c1-24-13-15(10-23-24)16-11-20-12-17(16)19(26)21-9-14-5-2-3-6-18(14)25-8-4-7-22-25;/h2-8,10,13,16-17,20H,9,11-12H2,1H3,(H,21,26);1H/t16-,17+;/m1./s1. The van der Waals surface area contributed by atoms with Crippen LogP contribution in [0.4, 0.5) is 0 Å². The highest BCUT2D eigenvalue weighted by Crippen LogP contribution is 2.28. The van der Waals surface area contributed by atoms with Crippen molar-refractivity contribution in [3.8, 4) is 5.69 Å². The van der Waals surface area contributed by atoms with E-state index in [2.05, 4.69) is 20.8 Å². The minimum absolute atomic E-state index is 0. The van der Waals surface area contributed by atoms with E-state index in [0.717, 1.165) is 23.4 Å². The molecule has 1 saturated heterocycles. The van der Waals surface area contributed by atoms with Crippen LogP contribution in [0.3, 0.4) is 0 Å². The summed E-state index contributed by atoms with van der Waals surface area (Å²) in [4.78, 5) is 12.8. The highest BCUT2D eigenvalue weighted by molar-refractivity contribution is 5.85. The molecule has 0 spiro atoms. The van der Waals surface area contributed by atoms with E-state index in [1.807, 2.05) is 60.7 Å². The van der Waals surface area contributed by atoms with Gasteiger partial charge in [-0.05, 0) is 23.3 Å². The highest BCUT2D eigenvalue weighted by atomic mass is 35.5. The van der Waals surface area contributed by atoms with Gasteiger partial charge in [-0.3, -0.25) is 9.48 Å². The number of para-hydroxylation sites is 1. The van der Waals surface area contributed by atoms with Gasteiger partial charge < -0.3 is 10.6 Å². The monoisotopic (exact) mass is 386 g/mol. The van der Waals surface area contributed by atoms with Gasteiger partial charge in [0.15, 0.2) is 0 Å². The van der Waals surface area contributed by atoms with Gasteiger partial charge in [0.1, 0.15) is 0 Å². The molecule has 2 aromatic heterocycles. The molecule has 7 nitrogen and oxygen atoms in total. The van der Waals surface area contributed by atoms with Crippen molar-refractivity contribution in [2.75, 3.05) is 13.1 Å². The van der Waals surface area contributed by atoms with Crippen LogP contribution < -0.4 is 10.6 Å². The van der Waals surface area contributed by atoms with Crippen LogP contribution in [-0.2, 0) is 18.4 Å². The summed E-state index contributed by atoms with van der Waals surface area (Å²) in [7, 11) is 1.90. The Balaban J connectivity index is 0.00000210. The van der Waals surface area contributed by atoms with Crippen molar-refractivity contribution in [1.29, 1.82) is 0 Å². The van der Waals surface area contributed by atoms with E-state index in [1.165, 1.54) is 0 Å². The fourth-order valence-electron chi connectivity index (χ4n) is 3.54. The number of aromatic nitrogens is 4. The Bertz CT molecular complexity index is 891. The molecule has 3 heterocycles. The molecule has 142 valence electrons. The Hall–Kier alpha value is -2.64. The summed E-state index contributed by atoms with van der Waals surface area (Å²) in [5, 5.41) is 15.0. The SMILES string of the molecule is Cl.Cn1cc([C@H]2CNC[C@@H]2C(=O)NCc2ccccc2-n2cccn2)cn1. The van der Waals surface area contributed by atoms with Crippen LogP contribution in [0, 0.1) is 5.92 Å². The third-order valence-electron chi connectivity index (χ3n) is 4.90. The smallest absolute Gasteiger partial charge is 0.225 e. The second kappa shape index (κ2) is 8.37. The number of nitrogens with one attached hydrogen (secondary N) is 2. The molecule has 1 aromatic carbocycles. The fourth-order valence-corrected chi connectivity index (χ4v) is 3.54. The lowest BCUT2D eigenvalue weighted by atomic mass is 9.90. The minimum Gasteiger partial charge on any atom is -0.352 e. The van der Waals surface area contributed by atoms with Crippen molar-refractivity contribution in [3.63, 3.8) is 0 Å². The van der Waals surface area contributed by atoms with Crippen molar-refractivity contribution in [3.05, 3.63) is 66.2 Å². The zero-order valence-corrected chi connectivity index (χ0v) is 15.9. The summed E-state index contributed by atoms with van der Waals surface area (Å²) in [6, 6.07) is 9.86. The third kappa shape index (κ3) is 4.04. The van der Waals surface area contributed by atoms with Crippen LogP contribution >= 0.6 is 12.4 Å². The number of benzene rings is 1. The Kier molecular flexibility index (Phi) is 5.93. The highest BCUT2D eigenvalue weighted by Gasteiger charge is 2.34. The van der Waals surface area contributed by atoms with Gasteiger partial charge in [0.2, 0.25) is 5.91 Å². The maximum absolute atomic E-state index is 12.8. The molecule has 2 N–H and O–H groups in total. The van der Waals surface area contributed by atoms with Gasteiger partial charge in [0.25, 0.3) is 0 Å². The van der Waals surface area contributed by atoms with Gasteiger partial charge in [-0.15, -0.1) is 12.4 Å². The van der Waals surface area contributed by atoms with Crippen molar-refractivity contribution in [2.45, 2.75) is 12.5 Å². The zero-order valence-electron chi connectivity index (χ0n) is 15.1. The van der Waals surface area contributed by atoms with Crippen molar-refractivity contribution in [2.24, 2.45) is 13.0 Å². The number of nitrogens with zero attached hydrogens (tertiary/aromatic N) is 4. The van der Waals surface area contributed by atoms with E-state index >= 15 is 0 Å². The normalized spacial score (nSPS) is 18.9. The molecule has 1 aliphatic rings. The molecule has 4 rings (SSSR count). The molecule has 1 fully saturated rings. The number of aryl methyl sites for hydroxylation is 1. The van der Waals surface area contributed by atoms with Crippen molar-refractivity contribution < 1.29 is 4.79 Å². The largest absolute Gasteiger partial charge is 0.352 e. The maximum Gasteiger partial charge on any atom is 0.225 e. The summed E-state index contributed by atoms with van der Waals surface area (Å²) >= 11 is 0. The van der Waals surface area contributed by atoms with Gasteiger partial charge >= 0.3 is 0 Å². The lowest BCUT2D eigenvalue weighted by Gasteiger charge is -2.18. The van der Waals surface area contributed by atoms with Crippen molar-refractivity contribution in [1.82, 2.24) is 30.2 Å². The first-order valence-electron chi connectivity index (χ1n) is 8.77. The van der Waals surface area contributed by atoms with Gasteiger partial charge in [0, 0.05) is 51.2 Å². The quantitative estimate of drug-likeness (QED) is 0.699. The zero-order chi connectivity index (χ0) is 17.9. The Morgan fingerprint density at radius 3 is 2.85 bits per heavy atom. The van der Waals surface area contributed by atoms with E-state index in [-0.39, 0.29) is 30.2 Å². The second-order valence-corrected chi connectivity index (χ2v) is 6.62. The van der Waals surface area contributed by atoms with Crippen LogP contribution in [0.5, 0.6) is 0 Å². The van der Waals surface area contributed by atoms with Gasteiger partial charge in [-0.2, -0.15) is 10.2 Å². The van der Waals surface area contributed by atoms with Crippen molar-refractivity contribution >= 4 is 18.3 Å². The molecular formula is C19H23ClN6O. The summed E-state index contributed by atoms with van der Waals surface area (Å²) < 4.78 is 3.60. The predicted octanol–water partition coefficient (Wildman–Crippen LogP) is 1.65. The molecule has 0 aliphatic carbocycles. The van der Waals surface area contributed by atoms with E-state index in [0.29, 0.717) is 13.1 Å². The van der Waals surface area contributed by atoms with Crippen LogP contribution in [0.1, 0.15) is 17.0 Å². The summed E-state index contributed by atoms with van der Waals surface area (Å²) in [5.74, 6) is 0.139. The van der Waals surface area contributed by atoms with E-state index in [4.69, 9.17) is 0 Å². The van der Waals surface area contributed by atoms with E-state index in [1.54, 1.807) is 10.9 Å². The summed E-state index contributed by atoms with van der Waals surface area (Å²) in [5.41, 5.74) is 3.12. The molecular weight excluding hydrogens is 364 g/mol.